The monoisotopic (exact) mass is 504 g/mol. The molecule has 1 N–H and O–H groups in total. The Balaban J connectivity index is 1.18. The Labute approximate surface area is 211 Å². The maximum atomic E-state index is 11.2. The zero-order chi connectivity index (χ0) is 25.2. The molecule has 0 spiro atoms. The van der Waals surface area contributed by atoms with Gasteiger partial charge in [0.25, 0.3) is 0 Å². The number of pyridine rings is 1. The van der Waals surface area contributed by atoms with E-state index in [1.54, 1.807) is 12.3 Å². The number of carboxylic acid groups (broad SMARTS) is 2. The van der Waals surface area contributed by atoms with Crippen LogP contribution in [0.2, 0.25) is 5.02 Å². The van der Waals surface area contributed by atoms with Crippen LogP contribution in [0.4, 0.5) is 5.82 Å². The van der Waals surface area contributed by atoms with Gasteiger partial charge in [-0.2, -0.15) is 0 Å². The number of hydrogen-bond donors (Lipinski definition) is 1. The van der Waals surface area contributed by atoms with Gasteiger partial charge in [-0.05, 0) is 67.3 Å². The van der Waals surface area contributed by atoms with E-state index in [1.165, 1.54) is 12.1 Å². The van der Waals surface area contributed by atoms with E-state index in [2.05, 4.69) is 19.9 Å². The topological polar surface area (TPSA) is 134 Å². The number of anilines is 1. The number of carbonyl (C=O) groups is 2. The zero-order valence-electron chi connectivity index (χ0n) is 19.1. The molecule has 1 fully saturated rings. The molecule has 0 unspecified atom stereocenters. The predicted molar refractivity (Wildman–Crippen MR) is 130 cm³/mol. The van der Waals surface area contributed by atoms with Crippen molar-refractivity contribution < 1.29 is 24.5 Å². The van der Waals surface area contributed by atoms with E-state index >= 15 is 0 Å². The van der Waals surface area contributed by atoms with E-state index in [-0.39, 0.29) is 22.8 Å². The molecule has 36 heavy (non-hydrogen) atoms. The van der Waals surface area contributed by atoms with Gasteiger partial charge >= 0.3 is 0 Å². The molecule has 0 aliphatic carbocycles. The summed E-state index contributed by atoms with van der Waals surface area (Å²) in [6, 6.07) is 13.0. The Kier molecular flexibility index (Phi) is 6.47. The van der Waals surface area contributed by atoms with Crippen LogP contribution < -0.4 is 19.8 Å². The Morgan fingerprint density at radius 2 is 1.75 bits per heavy atom. The van der Waals surface area contributed by atoms with Gasteiger partial charge in [0.05, 0.1) is 29.6 Å². The number of imidazole rings is 1. The number of nitrogens with one attached hydrogen (secondary N) is 1. The summed E-state index contributed by atoms with van der Waals surface area (Å²) >= 11 is 6.06. The van der Waals surface area contributed by atoms with Crippen molar-refractivity contribution in [3.8, 4) is 17.1 Å². The lowest BCUT2D eigenvalue weighted by atomic mass is 9.97. The first-order valence-corrected chi connectivity index (χ1v) is 11.8. The highest BCUT2D eigenvalue weighted by Crippen LogP contribution is 2.27. The van der Waals surface area contributed by atoms with E-state index in [9.17, 15) is 19.8 Å². The molecule has 2 aromatic heterocycles. The molecule has 1 aliphatic rings. The summed E-state index contributed by atoms with van der Waals surface area (Å²) in [5.74, 6) is -0.937. The normalized spacial score (nSPS) is 14.2. The van der Waals surface area contributed by atoms with Crippen LogP contribution in [-0.4, -0.2) is 46.6 Å². The van der Waals surface area contributed by atoms with Gasteiger partial charge in [-0.3, -0.25) is 0 Å². The molecule has 3 heterocycles. The number of aromatic carboxylic acids is 2. The van der Waals surface area contributed by atoms with E-state index in [1.807, 2.05) is 24.3 Å². The number of benzene rings is 2. The fourth-order valence-corrected chi connectivity index (χ4v) is 4.46. The molecule has 5 rings (SSSR count). The standard InChI is InChI=1S/C26H23ClN4O5/c27-19-2-3-21-22(12-19)30-24(29-21)16-1-4-23(28-13-16)31-7-5-15(6-8-31)14-36-20-10-17(25(32)33)9-18(11-20)26(34)35/h1-4,9-13,15H,5-8,14H2,(H,29,30)(H,32,33)(H,34,35)/p-2. The van der Waals surface area contributed by atoms with Crippen molar-refractivity contribution in [3.63, 3.8) is 0 Å². The molecule has 0 amide bonds. The molecule has 1 saturated heterocycles. The Bertz CT molecular complexity index is 1400. The number of ether oxygens (including phenoxy) is 1. The number of rotatable bonds is 7. The van der Waals surface area contributed by atoms with Crippen LogP contribution >= 0.6 is 11.6 Å². The lowest BCUT2D eigenvalue weighted by Gasteiger charge is -2.32. The second-order valence-electron chi connectivity index (χ2n) is 8.71. The van der Waals surface area contributed by atoms with Crippen LogP contribution in [0, 0.1) is 5.92 Å². The predicted octanol–water partition coefficient (Wildman–Crippen LogP) is 2.30. The van der Waals surface area contributed by atoms with Crippen LogP contribution in [0.3, 0.4) is 0 Å². The molecule has 0 radical (unpaired) electrons. The number of halogens is 1. The lowest BCUT2D eigenvalue weighted by molar-refractivity contribution is -0.255. The minimum absolute atomic E-state index is 0.170. The number of carbonyl (C=O) groups excluding carboxylic acids is 2. The average molecular weight is 505 g/mol. The quantitative estimate of drug-likeness (QED) is 0.405. The van der Waals surface area contributed by atoms with Crippen molar-refractivity contribution in [1.82, 2.24) is 15.0 Å². The van der Waals surface area contributed by atoms with E-state index in [0.717, 1.165) is 60.2 Å². The summed E-state index contributed by atoms with van der Waals surface area (Å²) in [4.78, 5) is 37.0. The summed E-state index contributed by atoms with van der Waals surface area (Å²) in [6.45, 7) is 1.92. The van der Waals surface area contributed by atoms with Crippen LogP contribution in [-0.2, 0) is 0 Å². The third-order valence-electron chi connectivity index (χ3n) is 6.27. The van der Waals surface area contributed by atoms with Gasteiger partial charge < -0.3 is 34.4 Å². The molecule has 0 bridgehead atoms. The van der Waals surface area contributed by atoms with Crippen LogP contribution in [0.5, 0.6) is 5.75 Å². The summed E-state index contributed by atoms with van der Waals surface area (Å²) in [7, 11) is 0. The number of aromatic amines is 1. The van der Waals surface area contributed by atoms with Gasteiger partial charge in [0.1, 0.15) is 17.4 Å². The fraction of sp³-hybridized carbons (Fsp3) is 0.231. The van der Waals surface area contributed by atoms with Crippen LogP contribution in [0.15, 0.2) is 54.7 Å². The largest absolute Gasteiger partial charge is 0.545 e. The molecule has 9 nitrogen and oxygen atoms in total. The number of fused-ring (bicyclic) bond motifs is 1. The van der Waals surface area contributed by atoms with E-state index < -0.39 is 11.9 Å². The van der Waals surface area contributed by atoms with Crippen LogP contribution in [0.25, 0.3) is 22.4 Å². The SMILES string of the molecule is O=C([O-])c1cc(OCC2CCN(c3ccc(-c4nc5ccc(Cl)cc5[nH]4)cn3)CC2)cc(C(=O)[O-])c1. The van der Waals surface area contributed by atoms with Crippen molar-refractivity contribution in [2.45, 2.75) is 12.8 Å². The lowest BCUT2D eigenvalue weighted by Crippen LogP contribution is -2.36. The number of piperidine rings is 1. The first kappa shape index (κ1) is 23.6. The number of carboxylic acids is 2. The van der Waals surface area contributed by atoms with Crippen molar-refractivity contribution >= 4 is 40.4 Å². The Hall–Kier alpha value is -4.11. The van der Waals surface area contributed by atoms with Gasteiger partial charge in [0.15, 0.2) is 0 Å². The molecule has 184 valence electrons. The highest BCUT2D eigenvalue weighted by molar-refractivity contribution is 6.31. The van der Waals surface area contributed by atoms with Crippen LogP contribution in [0.1, 0.15) is 33.6 Å². The maximum Gasteiger partial charge on any atom is 0.140 e. The first-order chi connectivity index (χ1) is 17.4. The van der Waals surface area contributed by atoms with Gasteiger partial charge in [-0.15, -0.1) is 0 Å². The minimum atomic E-state index is -1.47. The first-order valence-electron chi connectivity index (χ1n) is 11.4. The van der Waals surface area contributed by atoms with Gasteiger partial charge in [-0.25, -0.2) is 9.97 Å². The third kappa shape index (κ3) is 5.11. The van der Waals surface area contributed by atoms with Gasteiger partial charge in [-0.1, -0.05) is 11.6 Å². The number of nitrogens with zero attached hydrogens (tertiary/aromatic N) is 3. The summed E-state index contributed by atoms with van der Waals surface area (Å²) in [5, 5.41) is 23.0. The second-order valence-corrected chi connectivity index (χ2v) is 9.15. The Morgan fingerprint density at radius 1 is 1.03 bits per heavy atom. The van der Waals surface area contributed by atoms with Crippen molar-refractivity contribution in [2.75, 3.05) is 24.6 Å². The molecule has 0 atom stereocenters. The zero-order valence-corrected chi connectivity index (χ0v) is 19.8. The smallest absolute Gasteiger partial charge is 0.140 e. The third-order valence-corrected chi connectivity index (χ3v) is 6.50. The van der Waals surface area contributed by atoms with Crippen molar-refractivity contribution in [3.05, 3.63) is 70.9 Å². The van der Waals surface area contributed by atoms with Crippen molar-refractivity contribution in [1.29, 1.82) is 0 Å². The van der Waals surface area contributed by atoms with E-state index in [0.29, 0.717) is 11.6 Å². The molecular weight excluding hydrogens is 484 g/mol. The average Bonchev–Trinajstić information content (AvgIpc) is 3.31. The highest BCUT2D eigenvalue weighted by Gasteiger charge is 2.21. The molecule has 1 aliphatic heterocycles. The van der Waals surface area contributed by atoms with Gasteiger partial charge in [0, 0.05) is 41.0 Å². The number of H-pyrrole nitrogens is 1. The summed E-state index contributed by atoms with van der Waals surface area (Å²) < 4.78 is 5.73. The fourth-order valence-electron chi connectivity index (χ4n) is 4.29. The maximum absolute atomic E-state index is 11.2. The molecule has 4 aromatic rings. The summed E-state index contributed by atoms with van der Waals surface area (Å²) in [6.07, 6.45) is 3.49. The number of aromatic nitrogens is 3. The molecule has 2 aromatic carbocycles. The summed E-state index contributed by atoms with van der Waals surface area (Å²) in [5.41, 5.74) is 2.06. The minimum Gasteiger partial charge on any atom is -0.545 e. The highest BCUT2D eigenvalue weighted by atomic mass is 35.5. The second kappa shape index (κ2) is 9.87. The van der Waals surface area contributed by atoms with Gasteiger partial charge in [0.2, 0.25) is 0 Å². The molecule has 0 saturated carbocycles. The van der Waals surface area contributed by atoms with E-state index in [4.69, 9.17) is 16.3 Å². The molecule has 10 heteroatoms. The Morgan fingerprint density at radius 3 is 2.39 bits per heavy atom. The number of hydrogen-bond acceptors (Lipinski definition) is 8. The van der Waals surface area contributed by atoms with Crippen molar-refractivity contribution in [2.24, 2.45) is 5.92 Å². The molecular formula is C26H21ClN4O5-2.